The second-order valence-corrected chi connectivity index (χ2v) is 20.6. The summed E-state index contributed by atoms with van der Waals surface area (Å²) in [4.78, 5) is 67.8. The normalized spacial score (nSPS) is 26.4. The standard InChI is InChI=1S/C55H68N4O6/c1-64-50(60)30-44(35-11-5-3-6-12-35)54(62)58-25-9-15-48(58)46-28-40(32-56-46)34-17-19-37(20-18-34)42-23-24-43(53-39-22-21-38(27-39)52(42)53)41-29-47(57-33-41)49-16-10-26-59(49)55(63)45(31-51(61)65-2)36-13-7-4-8-14-36/h17-20,23-24,32-33,35-36,38-39,44-45,48-49H,3-16,21-22,25-31H2,1-2H3/t38?,39?,44-,45-,48-,49-/m0/s1. The molecule has 2 aromatic carbocycles. The Kier molecular flexibility index (Phi) is 13.0. The summed E-state index contributed by atoms with van der Waals surface area (Å²) in [7, 11) is 2.85. The number of amides is 2. The molecule has 3 saturated carbocycles. The monoisotopic (exact) mass is 881 g/mol. The molecule has 5 fully saturated rings. The zero-order valence-electron chi connectivity index (χ0n) is 38.7. The molecule has 65 heavy (non-hydrogen) atoms. The highest BCUT2D eigenvalue weighted by atomic mass is 16.5. The van der Waals surface area contributed by atoms with Crippen molar-refractivity contribution in [3.05, 3.63) is 71.1 Å². The van der Waals surface area contributed by atoms with Crippen LogP contribution in [0.25, 0.3) is 22.3 Å². The molecule has 2 unspecified atom stereocenters. The van der Waals surface area contributed by atoms with Crippen molar-refractivity contribution in [2.24, 2.45) is 33.7 Å². The molecule has 10 nitrogen and oxygen atoms in total. The molecule has 2 aromatic rings. The average molecular weight is 881 g/mol. The molecule has 4 aliphatic carbocycles. The molecular weight excluding hydrogens is 813 g/mol. The van der Waals surface area contributed by atoms with Crippen molar-refractivity contribution < 1.29 is 28.7 Å². The number of fused-ring (bicyclic) bond motifs is 5. The summed E-state index contributed by atoms with van der Waals surface area (Å²) < 4.78 is 10.1. The fourth-order valence-corrected chi connectivity index (χ4v) is 13.8. The van der Waals surface area contributed by atoms with Crippen molar-refractivity contribution in [1.29, 1.82) is 0 Å². The molecule has 0 N–H and O–H groups in total. The first-order valence-corrected chi connectivity index (χ1v) is 25.3. The van der Waals surface area contributed by atoms with Crippen LogP contribution in [0.3, 0.4) is 0 Å². The highest BCUT2D eigenvalue weighted by Crippen LogP contribution is 2.58. The van der Waals surface area contributed by atoms with Gasteiger partial charge in [-0.25, -0.2) is 0 Å². The van der Waals surface area contributed by atoms with Gasteiger partial charge >= 0.3 is 11.9 Å². The summed E-state index contributed by atoms with van der Waals surface area (Å²) in [5, 5.41) is 0. The third-order valence-corrected chi connectivity index (χ3v) is 17.1. The van der Waals surface area contributed by atoms with Crippen LogP contribution < -0.4 is 0 Å². The van der Waals surface area contributed by atoms with E-state index in [0.717, 1.165) is 108 Å². The predicted molar refractivity (Wildman–Crippen MR) is 254 cm³/mol. The number of rotatable bonds is 13. The van der Waals surface area contributed by atoms with Gasteiger partial charge in [0.1, 0.15) is 0 Å². The van der Waals surface area contributed by atoms with E-state index in [1.54, 1.807) is 0 Å². The Labute approximate surface area is 385 Å². The van der Waals surface area contributed by atoms with Crippen molar-refractivity contribution in [1.82, 2.24) is 9.80 Å². The van der Waals surface area contributed by atoms with Gasteiger partial charge in [0.05, 0.1) is 51.0 Å². The number of hydrogen-bond acceptors (Lipinski definition) is 8. The number of aliphatic imine (C=N–C) groups is 2. The van der Waals surface area contributed by atoms with E-state index in [1.165, 1.54) is 90.9 Å². The highest BCUT2D eigenvalue weighted by molar-refractivity contribution is 6.05. The van der Waals surface area contributed by atoms with Crippen LogP contribution in [0.15, 0.2) is 58.8 Å². The van der Waals surface area contributed by atoms with Gasteiger partial charge in [-0.05, 0) is 139 Å². The van der Waals surface area contributed by atoms with Gasteiger partial charge in [-0.1, -0.05) is 74.9 Å². The second-order valence-electron chi connectivity index (χ2n) is 20.6. The van der Waals surface area contributed by atoms with Gasteiger partial charge in [0.15, 0.2) is 0 Å². The molecule has 0 radical (unpaired) electrons. The quantitative estimate of drug-likeness (QED) is 0.185. The first kappa shape index (κ1) is 44.0. The zero-order chi connectivity index (χ0) is 44.6. The average Bonchev–Trinajstić information content (AvgIpc) is 4.22. The lowest BCUT2D eigenvalue weighted by molar-refractivity contribution is -0.148. The highest BCUT2D eigenvalue weighted by Gasteiger charge is 2.44. The predicted octanol–water partition coefficient (Wildman–Crippen LogP) is 10.6. The number of nitrogens with zero attached hydrogens (tertiary/aromatic N) is 4. The van der Waals surface area contributed by atoms with Gasteiger partial charge in [0.2, 0.25) is 11.8 Å². The molecule has 344 valence electrons. The van der Waals surface area contributed by atoms with E-state index >= 15 is 0 Å². The minimum atomic E-state index is -0.318. The van der Waals surface area contributed by atoms with Crippen molar-refractivity contribution >= 4 is 46.3 Å². The van der Waals surface area contributed by atoms with Crippen LogP contribution in [0, 0.1) is 23.7 Å². The third kappa shape index (κ3) is 8.68. The molecule has 0 spiro atoms. The number of likely N-dealkylation sites (tertiary alicyclic amines) is 2. The molecule has 0 aromatic heterocycles. The zero-order valence-corrected chi connectivity index (χ0v) is 38.7. The fraction of sp³-hybridized carbons (Fsp3) is 0.600. The largest absolute Gasteiger partial charge is 0.469 e. The molecule has 8 aliphatic rings. The lowest BCUT2D eigenvalue weighted by atomic mass is 9.77. The maximum absolute atomic E-state index is 14.3. The van der Waals surface area contributed by atoms with Gasteiger partial charge in [0, 0.05) is 49.8 Å². The van der Waals surface area contributed by atoms with E-state index in [4.69, 9.17) is 19.5 Å². The van der Waals surface area contributed by atoms with Gasteiger partial charge in [-0.15, -0.1) is 0 Å². The topological polar surface area (TPSA) is 118 Å². The van der Waals surface area contributed by atoms with Gasteiger partial charge in [-0.2, -0.15) is 0 Å². The van der Waals surface area contributed by atoms with E-state index < -0.39 is 0 Å². The summed E-state index contributed by atoms with van der Waals surface area (Å²) in [5.74, 6) is 0.621. The van der Waals surface area contributed by atoms with Crippen molar-refractivity contribution in [3.63, 3.8) is 0 Å². The molecule has 2 amide bonds. The smallest absolute Gasteiger partial charge is 0.306 e. The van der Waals surface area contributed by atoms with E-state index in [0.29, 0.717) is 18.4 Å². The molecule has 4 heterocycles. The van der Waals surface area contributed by atoms with Gasteiger partial charge in [0.25, 0.3) is 0 Å². The number of carbonyl (C=O) groups is 4. The number of esters is 2. The van der Waals surface area contributed by atoms with Crippen LogP contribution >= 0.6 is 0 Å². The van der Waals surface area contributed by atoms with Crippen LogP contribution in [0.1, 0.15) is 169 Å². The Morgan fingerprint density at radius 3 is 1.54 bits per heavy atom. The van der Waals surface area contributed by atoms with Crippen molar-refractivity contribution in [2.45, 2.75) is 159 Å². The molecule has 4 aliphatic heterocycles. The van der Waals surface area contributed by atoms with Crippen LogP contribution in [-0.2, 0) is 28.7 Å². The van der Waals surface area contributed by atoms with Crippen molar-refractivity contribution in [3.8, 4) is 11.1 Å². The molecule has 2 bridgehead atoms. The number of allylic oxidation sites excluding steroid dienone is 2. The maximum Gasteiger partial charge on any atom is 0.306 e. The molecule has 6 atom stereocenters. The van der Waals surface area contributed by atoms with E-state index in [1.807, 2.05) is 11.1 Å². The lowest BCUT2D eigenvalue weighted by Crippen LogP contribution is -2.46. The number of benzene rings is 2. The van der Waals surface area contributed by atoms with Crippen LogP contribution in [0.4, 0.5) is 0 Å². The summed E-state index contributed by atoms with van der Waals surface area (Å²) in [6.07, 6.45) is 24.2. The van der Waals surface area contributed by atoms with E-state index in [2.05, 4.69) is 47.5 Å². The van der Waals surface area contributed by atoms with Gasteiger partial charge < -0.3 is 19.3 Å². The number of methoxy groups -OCH3 is 2. The van der Waals surface area contributed by atoms with Gasteiger partial charge in [-0.3, -0.25) is 29.2 Å². The maximum atomic E-state index is 14.3. The van der Waals surface area contributed by atoms with E-state index in [-0.39, 0.29) is 72.3 Å². The minimum absolute atomic E-state index is 0.0186. The second kappa shape index (κ2) is 19.2. The molecule has 10 rings (SSSR count). The number of hydrogen-bond donors (Lipinski definition) is 0. The Hall–Kier alpha value is -4.86. The Bertz CT molecular complexity index is 2300. The first-order valence-electron chi connectivity index (χ1n) is 25.3. The van der Waals surface area contributed by atoms with Crippen LogP contribution in [0.5, 0.6) is 0 Å². The third-order valence-electron chi connectivity index (χ3n) is 17.1. The van der Waals surface area contributed by atoms with Crippen LogP contribution in [-0.4, -0.2) is 84.4 Å². The first-order chi connectivity index (χ1) is 31.8. The summed E-state index contributed by atoms with van der Waals surface area (Å²) >= 11 is 0. The molecule has 2 saturated heterocycles. The summed E-state index contributed by atoms with van der Waals surface area (Å²) in [6.45, 7) is 1.44. The molecular formula is C55H68N4O6. The van der Waals surface area contributed by atoms with Crippen molar-refractivity contribution in [2.75, 3.05) is 27.3 Å². The Morgan fingerprint density at radius 2 is 1.02 bits per heavy atom. The number of ether oxygens (including phenoxy) is 2. The van der Waals surface area contributed by atoms with Crippen LogP contribution in [0.2, 0.25) is 0 Å². The summed E-state index contributed by atoms with van der Waals surface area (Å²) in [6, 6.07) is 13.7. The molecule has 10 heteroatoms. The summed E-state index contributed by atoms with van der Waals surface area (Å²) in [5.41, 5.74) is 12.7. The fourth-order valence-electron chi connectivity index (χ4n) is 13.8. The Balaban J connectivity index is 0.815. The lowest BCUT2D eigenvalue weighted by Gasteiger charge is -2.34. The minimum Gasteiger partial charge on any atom is -0.469 e. The Morgan fingerprint density at radius 1 is 0.554 bits per heavy atom. The SMILES string of the molecule is COC(=O)C[C@H](C(=O)N1CCC[C@H]1C1=NC=C(c2ccc(-c3ccc(C4=CN=C([C@@H]5CCCN5C(=O)[C@@H](CC(=O)OC)C5CCCCC5)C4)c4c3C3CCC4C3)cc2)C1)C1CCCCC1. The van der Waals surface area contributed by atoms with E-state index in [9.17, 15) is 19.2 Å². The number of carbonyl (C=O) groups excluding carboxylic acids is 4.